The van der Waals surface area contributed by atoms with E-state index in [0.717, 1.165) is 136 Å². The Labute approximate surface area is 461 Å². The van der Waals surface area contributed by atoms with Gasteiger partial charge in [0, 0.05) is 34.5 Å². The van der Waals surface area contributed by atoms with Crippen LogP contribution in [0.5, 0.6) is 0 Å². The molecule has 6 nitrogen and oxygen atoms in total. The van der Waals surface area contributed by atoms with Crippen molar-refractivity contribution in [2.24, 2.45) is 4.99 Å². The lowest BCUT2D eigenvalue weighted by Gasteiger charge is -2.19. The fraction of sp³-hybridized carbons (Fsp3) is 0.157. The van der Waals surface area contributed by atoms with Crippen molar-refractivity contribution in [3.63, 3.8) is 0 Å². The molecule has 6 aromatic carbocycles. The standard InChI is InChI=1S/C60H48N6.C5H8.C2H6.C2H2.CH4S/c1-4-40(44-28-31-50-45(35-44)29-33-53(63-50)60-65-54(41-16-8-5-6-9-17-41)36-55(66-60)42-18-10-7-11-19-42)34-39-25-30-51(62-37-39)56-46-20-12-14-22-48(46)57(49-23-15-13-21-47(49)56)52-32-27-43-26-24-38(2)58(61-3)59(43)64-52;1-3-5-4-2;3*1-2/h4,7-8,10-36,61H,5-6,9,37H2,1-3H3;3-5H,1H2,2H3;1-2H3;1-2H;2H,1H3/b39-34-,40-4+;5-4-;;;. The summed E-state index contributed by atoms with van der Waals surface area (Å²) in [7, 11) is 1.97. The maximum Gasteiger partial charge on any atom is 0.179 e. The Bertz CT molecular complexity index is 3740. The van der Waals surface area contributed by atoms with Crippen molar-refractivity contribution in [2.75, 3.05) is 25.2 Å². The van der Waals surface area contributed by atoms with Crippen LogP contribution in [0.3, 0.4) is 0 Å². The Morgan fingerprint density at radius 3 is 1.94 bits per heavy atom. The molecule has 0 atom stereocenters. The van der Waals surface area contributed by atoms with Gasteiger partial charge in [0.1, 0.15) is 5.69 Å². The summed E-state index contributed by atoms with van der Waals surface area (Å²) in [5, 5.41) is 10.2. The van der Waals surface area contributed by atoms with Gasteiger partial charge in [-0.2, -0.15) is 12.6 Å². The lowest BCUT2D eigenvalue weighted by atomic mass is 9.87. The van der Waals surface area contributed by atoms with E-state index in [1.54, 1.807) is 12.3 Å². The monoisotopic (exact) mass is 1020 g/mol. The number of aromatic nitrogens is 4. The molecule has 0 radical (unpaired) electrons. The van der Waals surface area contributed by atoms with Crippen LogP contribution in [0.4, 0.5) is 5.69 Å². The number of fused-ring (bicyclic) bond motifs is 4. The van der Waals surface area contributed by atoms with Crippen molar-refractivity contribution in [2.45, 2.75) is 53.9 Å². The van der Waals surface area contributed by atoms with Crippen LogP contribution >= 0.6 is 12.6 Å². The predicted molar refractivity (Wildman–Crippen MR) is 339 cm³/mol. The van der Waals surface area contributed by atoms with Crippen LogP contribution in [0.1, 0.15) is 69.3 Å². The number of pyridine rings is 2. The van der Waals surface area contributed by atoms with Crippen molar-refractivity contribution in [1.82, 2.24) is 19.9 Å². The minimum absolute atomic E-state index is 0.571. The van der Waals surface area contributed by atoms with Crippen molar-refractivity contribution in [3.8, 4) is 46.9 Å². The molecule has 4 heterocycles. The molecule has 9 aromatic rings. The Morgan fingerprint density at radius 1 is 0.649 bits per heavy atom. The van der Waals surface area contributed by atoms with Crippen molar-refractivity contribution in [1.29, 1.82) is 0 Å². The molecule has 1 aliphatic heterocycles. The summed E-state index contributed by atoms with van der Waals surface area (Å²) in [5.74, 6) is 0.621. The van der Waals surface area contributed by atoms with Crippen molar-refractivity contribution < 1.29 is 0 Å². The van der Waals surface area contributed by atoms with Gasteiger partial charge in [0.15, 0.2) is 5.82 Å². The molecule has 0 saturated heterocycles. The normalized spacial score (nSPS) is 13.5. The van der Waals surface area contributed by atoms with E-state index in [2.05, 4.69) is 209 Å². The van der Waals surface area contributed by atoms with Gasteiger partial charge in [-0.1, -0.05) is 178 Å². The second kappa shape index (κ2) is 27.7. The number of dihydropyridines is 1. The first kappa shape index (κ1) is 56.0. The molecule has 0 spiro atoms. The highest BCUT2D eigenvalue weighted by atomic mass is 32.1. The summed E-state index contributed by atoms with van der Waals surface area (Å²) in [6.07, 6.45) is 34.1. The quantitative estimate of drug-likeness (QED) is 0.0652. The summed E-state index contributed by atoms with van der Waals surface area (Å²) in [6.45, 7) is 14.2. The number of anilines is 1. The van der Waals surface area contributed by atoms with E-state index in [1.165, 1.54) is 5.56 Å². The summed E-state index contributed by atoms with van der Waals surface area (Å²) in [4.78, 5) is 25.8. The number of thiol groups is 1. The first-order valence-corrected chi connectivity index (χ1v) is 27.2. The molecule has 77 heavy (non-hydrogen) atoms. The number of terminal acetylenes is 1. The maximum atomic E-state index is 5.32. The van der Waals surface area contributed by atoms with E-state index in [0.29, 0.717) is 12.4 Å². The lowest BCUT2D eigenvalue weighted by Crippen LogP contribution is -2.07. The van der Waals surface area contributed by atoms with Crippen molar-refractivity contribution in [3.05, 3.63) is 235 Å². The fourth-order valence-corrected chi connectivity index (χ4v) is 9.68. The van der Waals surface area contributed by atoms with Gasteiger partial charge in [0.25, 0.3) is 0 Å². The average molecular weight is 1030 g/mol. The molecule has 11 rings (SSSR count). The first-order chi connectivity index (χ1) is 37.9. The maximum absolute atomic E-state index is 5.32. The van der Waals surface area contributed by atoms with Crippen LogP contribution in [-0.4, -0.2) is 45.5 Å². The van der Waals surface area contributed by atoms with Crippen LogP contribution in [0.2, 0.25) is 0 Å². The highest BCUT2D eigenvalue weighted by Gasteiger charge is 2.21. The van der Waals surface area contributed by atoms with Crippen LogP contribution < -0.4 is 5.32 Å². The Hall–Kier alpha value is -8.70. The van der Waals surface area contributed by atoms with Crippen molar-refractivity contribution >= 4 is 78.5 Å². The summed E-state index contributed by atoms with van der Waals surface area (Å²) in [6, 6.07) is 49.1. The molecular weight excluding hydrogens is 957 g/mol. The zero-order valence-corrected chi connectivity index (χ0v) is 46.3. The SMILES string of the molecule is C#C.C/C=C(\C=C1\C=CC(c2c3ccccc3c(-c3ccc4ccc(C)c(NC)c4n3)c3ccccc23)=NC1)c1ccc2nc(-c3nc(C4=CCCCC=C4)cc(-c4ccccc4)n3)ccc2c1.C=C/C=C\C.CC.CS. The van der Waals surface area contributed by atoms with Gasteiger partial charge in [-0.25, -0.2) is 19.9 Å². The molecular formula is C70H68N6S. The van der Waals surface area contributed by atoms with Gasteiger partial charge in [0.2, 0.25) is 0 Å². The summed E-state index contributed by atoms with van der Waals surface area (Å²) < 4.78 is 0. The molecule has 7 heteroatoms. The second-order valence-electron chi connectivity index (χ2n) is 17.8. The van der Waals surface area contributed by atoms with Gasteiger partial charge in [-0.15, -0.1) is 12.8 Å². The highest BCUT2D eigenvalue weighted by molar-refractivity contribution is 7.79. The molecule has 1 N–H and O–H groups in total. The molecule has 2 aliphatic rings. The van der Waals surface area contributed by atoms with E-state index in [9.17, 15) is 0 Å². The zero-order valence-electron chi connectivity index (χ0n) is 45.4. The van der Waals surface area contributed by atoms with E-state index >= 15 is 0 Å². The van der Waals surface area contributed by atoms with Crippen LogP contribution in [0.15, 0.2) is 217 Å². The first-order valence-electron chi connectivity index (χ1n) is 26.3. The van der Waals surface area contributed by atoms with Gasteiger partial charge >= 0.3 is 0 Å². The molecule has 1 aliphatic carbocycles. The van der Waals surface area contributed by atoms with Gasteiger partial charge < -0.3 is 5.32 Å². The second-order valence-corrected chi connectivity index (χ2v) is 17.8. The number of aryl methyl sites for hydroxylation is 1. The topological polar surface area (TPSA) is 76.0 Å². The smallest absolute Gasteiger partial charge is 0.179 e. The molecule has 0 amide bonds. The van der Waals surface area contributed by atoms with Gasteiger partial charge in [0.05, 0.1) is 46.1 Å². The lowest BCUT2D eigenvalue weighted by molar-refractivity contribution is 0.876. The zero-order chi connectivity index (χ0) is 54.7. The molecule has 0 saturated carbocycles. The molecule has 384 valence electrons. The minimum Gasteiger partial charge on any atom is -0.386 e. The summed E-state index contributed by atoms with van der Waals surface area (Å²) >= 11 is 3.53. The average Bonchev–Trinajstić information content (AvgIpc) is 3.83. The fourth-order valence-electron chi connectivity index (χ4n) is 9.68. The number of benzene rings is 6. The third-order valence-corrected chi connectivity index (χ3v) is 13.2. The number of hydrogen-bond donors (Lipinski definition) is 2. The van der Waals surface area contributed by atoms with E-state index in [-0.39, 0.29) is 0 Å². The predicted octanol–water partition coefficient (Wildman–Crippen LogP) is 18.3. The van der Waals surface area contributed by atoms with E-state index < -0.39 is 0 Å². The number of nitrogens with one attached hydrogen (secondary N) is 1. The Balaban J connectivity index is 0.000000727. The number of nitrogens with zero attached hydrogens (tertiary/aromatic N) is 5. The molecule has 0 bridgehead atoms. The summed E-state index contributed by atoms with van der Waals surface area (Å²) in [5.41, 5.74) is 16.5. The minimum atomic E-state index is 0.571. The van der Waals surface area contributed by atoms with Crippen LogP contribution in [0, 0.1) is 19.8 Å². The van der Waals surface area contributed by atoms with Gasteiger partial charge in [-0.05, 0) is 138 Å². The number of rotatable bonds is 9. The third kappa shape index (κ3) is 12.7. The molecule has 0 unspecified atom stereocenters. The van der Waals surface area contributed by atoms with E-state index in [1.807, 2.05) is 64.2 Å². The van der Waals surface area contributed by atoms with Gasteiger partial charge in [-0.3, -0.25) is 4.99 Å². The largest absolute Gasteiger partial charge is 0.386 e. The molecule has 0 fully saturated rings. The highest BCUT2D eigenvalue weighted by Crippen LogP contribution is 2.41. The van der Waals surface area contributed by atoms with Crippen LogP contribution in [0.25, 0.3) is 88.5 Å². The molecule has 3 aromatic heterocycles. The number of hydrogen-bond acceptors (Lipinski definition) is 7. The third-order valence-electron chi connectivity index (χ3n) is 13.2. The van der Waals surface area contributed by atoms with Crippen LogP contribution in [-0.2, 0) is 0 Å². The number of aliphatic imine (C=N–C) groups is 1. The van der Waals surface area contributed by atoms with E-state index in [4.69, 9.17) is 24.9 Å². The Kier molecular flexibility index (Phi) is 20.2. The number of allylic oxidation sites excluding steroid dienone is 11. The Morgan fingerprint density at radius 2 is 1.30 bits per heavy atom.